The maximum absolute atomic E-state index is 11.1. The van der Waals surface area contributed by atoms with Crippen molar-refractivity contribution in [3.63, 3.8) is 0 Å². The highest BCUT2D eigenvalue weighted by Gasteiger charge is 2.13. The third kappa shape index (κ3) is 9.53. The molecule has 9 nitrogen and oxygen atoms in total. The van der Waals surface area contributed by atoms with Crippen molar-refractivity contribution >= 4 is 22.3 Å². The Morgan fingerprint density at radius 2 is 2.00 bits per heavy atom. The second-order valence-electron chi connectivity index (χ2n) is 2.67. The predicted molar refractivity (Wildman–Crippen MR) is 55.5 cm³/mol. The van der Waals surface area contributed by atoms with Crippen LogP contribution in [0.1, 0.15) is 6.92 Å². The zero-order valence-electron chi connectivity index (χ0n) is 9.13. The molecule has 3 N–H and O–H groups in total. The van der Waals surface area contributed by atoms with E-state index in [9.17, 15) is 18.0 Å². The number of carboxylic acids is 1. The van der Waals surface area contributed by atoms with Gasteiger partial charge in [-0.2, -0.15) is 13.1 Å². The minimum atomic E-state index is -4.01. The average molecular weight is 270 g/mol. The first-order valence-corrected chi connectivity index (χ1v) is 6.09. The van der Waals surface area contributed by atoms with Gasteiger partial charge in [0.15, 0.2) is 0 Å². The van der Waals surface area contributed by atoms with Gasteiger partial charge in [-0.25, -0.2) is 14.3 Å². The van der Waals surface area contributed by atoms with Crippen molar-refractivity contribution in [1.29, 1.82) is 0 Å². The van der Waals surface area contributed by atoms with Gasteiger partial charge in [-0.05, 0) is 6.92 Å². The van der Waals surface area contributed by atoms with E-state index in [0.29, 0.717) is 0 Å². The maximum Gasteiger partial charge on any atom is 0.421 e. The first kappa shape index (κ1) is 15.6. The third-order valence-electron chi connectivity index (χ3n) is 1.26. The number of aliphatic carboxylic acids is 1. The van der Waals surface area contributed by atoms with Crippen molar-refractivity contribution in [3.05, 3.63) is 0 Å². The summed E-state index contributed by atoms with van der Waals surface area (Å²) in [6.07, 6.45) is -1.09. The first-order chi connectivity index (χ1) is 7.87. The number of hydrogen-bond acceptors (Lipinski definition) is 6. The number of rotatable bonds is 8. The number of carboxylic acid groups (broad SMARTS) is 1. The lowest BCUT2D eigenvalue weighted by Gasteiger charge is -2.07. The molecule has 0 aromatic heterocycles. The molecule has 0 aliphatic heterocycles. The van der Waals surface area contributed by atoms with E-state index in [0.717, 1.165) is 0 Å². The van der Waals surface area contributed by atoms with Crippen LogP contribution in [0, 0.1) is 0 Å². The monoisotopic (exact) mass is 270 g/mol. The van der Waals surface area contributed by atoms with Gasteiger partial charge < -0.3 is 14.6 Å². The average Bonchev–Trinajstić information content (AvgIpc) is 2.15. The third-order valence-corrected chi connectivity index (χ3v) is 2.28. The molecule has 0 radical (unpaired) electrons. The van der Waals surface area contributed by atoms with E-state index >= 15 is 0 Å². The van der Waals surface area contributed by atoms with Crippen LogP contribution in [0.15, 0.2) is 0 Å². The maximum atomic E-state index is 11.1. The fourth-order valence-corrected chi connectivity index (χ4v) is 1.42. The Hall–Kier alpha value is -1.39. The lowest BCUT2D eigenvalue weighted by Crippen LogP contribution is -2.41. The first-order valence-electron chi connectivity index (χ1n) is 4.61. The van der Waals surface area contributed by atoms with Crippen LogP contribution in [0.4, 0.5) is 4.79 Å². The van der Waals surface area contributed by atoms with Gasteiger partial charge in [-0.15, -0.1) is 0 Å². The van der Waals surface area contributed by atoms with E-state index in [1.165, 1.54) is 6.92 Å². The molecule has 0 saturated carbocycles. The van der Waals surface area contributed by atoms with Crippen LogP contribution < -0.4 is 9.44 Å². The Morgan fingerprint density at radius 1 is 1.35 bits per heavy atom. The predicted octanol–water partition coefficient (Wildman–Crippen LogP) is -1.33. The lowest BCUT2D eigenvalue weighted by molar-refractivity contribution is -0.142. The number of amides is 1. The summed E-state index contributed by atoms with van der Waals surface area (Å²) in [7, 11) is -4.01. The molecule has 0 aliphatic carbocycles. The largest absolute Gasteiger partial charge is 0.480 e. The zero-order valence-corrected chi connectivity index (χ0v) is 9.95. The molecule has 0 aromatic carbocycles. The van der Waals surface area contributed by atoms with Gasteiger partial charge in [0.25, 0.3) is 0 Å². The Balaban J connectivity index is 3.79. The van der Waals surface area contributed by atoms with Crippen molar-refractivity contribution in [3.8, 4) is 0 Å². The van der Waals surface area contributed by atoms with Crippen LogP contribution in [-0.4, -0.2) is 52.0 Å². The Kier molecular flexibility index (Phi) is 7.18. The number of carbonyl (C=O) groups excluding carboxylic acids is 1. The summed E-state index contributed by atoms with van der Waals surface area (Å²) < 4.78 is 34.7. The second-order valence-corrected chi connectivity index (χ2v) is 4.17. The summed E-state index contributed by atoms with van der Waals surface area (Å²) in [4.78, 5) is 20.8. The highest BCUT2D eigenvalue weighted by atomic mass is 32.2. The molecule has 0 aliphatic rings. The number of carbonyl (C=O) groups is 2. The van der Waals surface area contributed by atoms with E-state index in [1.54, 1.807) is 4.72 Å². The molecule has 0 saturated heterocycles. The summed E-state index contributed by atoms with van der Waals surface area (Å²) in [5, 5.41) is 8.21. The van der Waals surface area contributed by atoms with E-state index in [-0.39, 0.29) is 19.8 Å². The van der Waals surface area contributed by atoms with Crippen LogP contribution in [0.5, 0.6) is 0 Å². The summed E-state index contributed by atoms with van der Waals surface area (Å²) in [6, 6.07) is 0. The van der Waals surface area contributed by atoms with Crippen molar-refractivity contribution in [1.82, 2.24) is 9.44 Å². The van der Waals surface area contributed by atoms with Crippen molar-refractivity contribution in [2.45, 2.75) is 6.92 Å². The molecule has 0 rings (SSSR count). The van der Waals surface area contributed by atoms with Gasteiger partial charge >= 0.3 is 22.3 Å². The van der Waals surface area contributed by atoms with Crippen LogP contribution in [0.2, 0.25) is 0 Å². The summed E-state index contributed by atoms with van der Waals surface area (Å²) in [5.74, 6) is -1.16. The molecule has 0 spiro atoms. The standard InChI is InChI=1S/C7H14N2O7S/c1-2-16-7(12)9-17(13,14)8-3-4-15-5-6(10)11/h8H,2-5H2,1H3,(H,9,12)(H,10,11). The van der Waals surface area contributed by atoms with Gasteiger partial charge in [-0.1, -0.05) is 0 Å². The van der Waals surface area contributed by atoms with Crippen LogP contribution in [0.25, 0.3) is 0 Å². The Labute approximate surface area is 98.3 Å². The molecule has 0 heterocycles. The lowest BCUT2D eigenvalue weighted by atomic mass is 10.7. The van der Waals surface area contributed by atoms with E-state index < -0.39 is 28.9 Å². The quantitative estimate of drug-likeness (QED) is 0.465. The van der Waals surface area contributed by atoms with Gasteiger partial charge in [0, 0.05) is 6.54 Å². The van der Waals surface area contributed by atoms with Crippen molar-refractivity contribution in [2.24, 2.45) is 0 Å². The second kappa shape index (κ2) is 7.81. The van der Waals surface area contributed by atoms with Gasteiger partial charge in [0.2, 0.25) is 0 Å². The SMILES string of the molecule is CCOC(=O)NS(=O)(=O)NCCOCC(=O)O. The fourth-order valence-electron chi connectivity index (χ4n) is 0.714. The number of nitrogens with one attached hydrogen (secondary N) is 2. The van der Waals surface area contributed by atoms with Crippen LogP contribution in [0.3, 0.4) is 0 Å². The van der Waals surface area contributed by atoms with Crippen LogP contribution in [-0.2, 0) is 24.5 Å². The Bertz CT molecular complexity index is 353. The van der Waals surface area contributed by atoms with E-state index in [4.69, 9.17) is 5.11 Å². The van der Waals surface area contributed by atoms with Gasteiger partial charge in [-0.3, -0.25) is 0 Å². The van der Waals surface area contributed by atoms with Crippen molar-refractivity contribution < 1.29 is 32.6 Å². The zero-order chi connectivity index (χ0) is 13.3. The molecular weight excluding hydrogens is 256 g/mol. The summed E-state index contributed by atoms with van der Waals surface area (Å²) in [6.45, 7) is 0.757. The molecule has 0 unspecified atom stereocenters. The number of ether oxygens (including phenoxy) is 2. The highest BCUT2D eigenvalue weighted by molar-refractivity contribution is 7.88. The molecule has 0 bridgehead atoms. The summed E-state index contributed by atoms with van der Waals surface area (Å²) in [5.41, 5.74) is 0. The van der Waals surface area contributed by atoms with E-state index in [1.807, 2.05) is 4.72 Å². The Morgan fingerprint density at radius 3 is 2.53 bits per heavy atom. The molecule has 0 atom stereocenters. The van der Waals surface area contributed by atoms with Gasteiger partial charge in [0.05, 0.1) is 13.2 Å². The molecule has 1 amide bonds. The minimum absolute atomic E-state index is 0.0447. The molecule has 100 valence electrons. The normalized spacial score (nSPS) is 10.9. The summed E-state index contributed by atoms with van der Waals surface area (Å²) >= 11 is 0. The van der Waals surface area contributed by atoms with Gasteiger partial charge in [0.1, 0.15) is 6.61 Å². The fraction of sp³-hybridized carbons (Fsp3) is 0.714. The van der Waals surface area contributed by atoms with Crippen LogP contribution >= 0.6 is 0 Å². The molecule has 17 heavy (non-hydrogen) atoms. The molecule has 0 aromatic rings. The topological polar surface area (TPSA) is 131 Å². The smallest absolute Gasteiger partial charge is 0.421 e. The van der Waals surface area contributed by atoms with E-state index in [2.05, 4.69) is 9.47 Å². The highest BCUT2D eigenvalue weighted by Crippen LogP contribution is 1.82. The number of hydrogen-bond donors (Lipinski definition) is 3. The molecular formula is C7H14N2O7S. The molecule has 10 heteroatoms. The molecule has 0 fully saturated rings. The van der Waals surface area contributed by atoms with Crippen molar-refractivity contribution in [2.75, 3.05) is 26.4 Å². The minimum Gasteiger partial charge on any atom is -0.480 e.